The first-order chi connectivity index (χ1) is 9.64. The predicted molar refractivity (Wildman–Crippen MR) is 86.9 cm³/mol. The third-order valence-electron chi connectivity index (χ3n) is 9.36. The maximum absolute atomic E-state index is 10.6. The lowest BCUT2D eigenvalue weighted by molar-refractivity contribution is -0.0958. The molecule has 0 aromatic heterocycles. The molecule has 4 aliphatic carbocycles. The van der Waals surface area contributed by atoms with Gasteiger partial charge >= 0.3 is 0 Å². The van der Waals surface area contributed by atoms with Crippen LogP contribution in [-0.2, 0) is 0 Å². The molecule has 0 bridgehead atoms. The van der Waals surface area contributed by atoms with Crippen molar-refractivity contribution in [3.8, 4) is 0 Å². The Hall–Kier alpha value is -0.0400. The van der Waals surface area contributed by atoms with Gasteiger partial charge in [0.1, 0.15) is 0 Å². The van der Waals surface area contributed by atoms with Gasteiger partial charge in [-0.3, -0.25) is 0 Å². The van der Waals surface area contributed by atoms with Crippen LogP contribution in [0.25, 0.3) is 0 Å². The second kappa shape index (κ2) is 3.89. The van der Waals surface area contributed by atoms with E-state index in [1.807, 2.05) is 0 Å². The van der Waals surface area contributed by atoms with Crippen molar-refractivity contribution >= 4 is 0 Å². The maximum Gasteiger partial charge on any atom is 0.0599 e. The summed E-state index contributed by atoms with van der Waals surface area (Å²) in [4.78, 5) is 0. The molecule has 0 aliphatic heterocycles. The van der Waals surface area contributed by atoms with E-state index in [-0.39, 0.29) is 11.5 Å². The molecular weight excluding hydrogens is 256 g/mol. The van der Waals surface area contributed by atoms with E-state index in [2.05, 4.69) is 34.6 Å². The number of hydrogen-bond donors (Lipinski definition) is 1. The summed E-state index contributed by atoms with van der Waals surface area (Å²) in [6.07, 6.45) is 9.18. The highest BCUT2D eigenvalue weighted by molar-refractivity contribution is 5.18. The third-order valence-corrected chi connectivity index (χ3v) is 9.36. The summed E-state index contributed by atoms with van der Waals surface area (Å²) in [7, 11) is 0. The van der Waals surface area contributed by atoms with E-state index in [0.29, 0.717) is 16.2 Å². The monoisotopic (exact) mass is 290 g/mol. The second-order valence-corrected chi connectivity index (χ2v) is 10.5. The summed E-state index contributed by atoms with van der Waals surface area (Å²) in [5.74, 6) is 2.72. The Morgan fingerprint density at radius 2 is 1.48 bits per heavy atom. The van der Waals surface area contributed by atoms with Gasteiger partial charge in [0.2, 0.25) is 0 Å². The molecule has 0 aromatic carbocycles. The number of aliphatic hydroxyl groups is 1. The number of aliphatic hydroxyl groups excluding tert-OH is 1. The minimum absolute atomic E-state index is 0.0512. The summed E-state index contributed by atoms with van der Waals surface area (Å²) in [6.45, 7) is 12.6. The second-order valence-electron chi connectivity index (χ2n) is 10.5. The number of rotatable bonds is 0. The van der Waals surface area contributed by atoms with Crippen LogP contribution >= 0.6 is 0 Å². The van der Waals surface area contributed by atoms with Gasteiger partial charge in [0.25, 0.3) is 0 Å². The van der Waals surface area contributed by atoms with Gasteiger partial charge in [0.05, 0.1) is 6.10 Å². The smallest absolute Gasteiger partial charge is 0.0599 e. The van der Waals surface area contributed by atoms with Gasteiger partial charge in [-0.25, -0.2) is 0 Å². The molecule has 0 spiro atoms. The lowest BCUT2D eigenvalue weighted by Crippen LogP contribution is -2.50. The number of fused-ring (bicyclic) bond motifs is 5. The predicted octanol–water partition coefficient (Wildman–Crippen LogP) is 5.03. The highest BCUT2D eigenvalue weighted by atomic mass is 16.3. The fourth-order valence-corrected chi connectivity index (χ4v) is 8.09. The Bertz CT molecular complexity index is 468. The van der Waals surface area contributed by atoms with Crippen molar-refractivity contribution in [1.29, 1.82) is 0 Å². The van der Waals surface area contributed by atoms with E-state index in [4.69, 9.17) is 0 Å². The summed E-state index contributed by atoms with van der Waals surface area (Å²) >= 11 is 0. The van der Waals surface area contributed by atoms with Crippen molar-refractivity contribution < 1.29 is 5.11 Å². The van der Waals surface area contributed by atoms with E-state index in [1.54, 1.807) is 0 Å². The standard InChI is InChI=1S/C20H34O/c1-17(2)10-11-18(3)12-14-13(16(17)18)6-8-20(5)15(21)7-9-19(14,20)4/h13-16,21H,6-12H2,1-5H3/t13-,14-,15-,16-,18-,19?,20+/m1/s1. The van der Waals surface area contributed by atoms with Crippen molar-refractivity contribution in [1.82, 2.24) is 0 Å². The molecule has 1 heteroatoms. The SMILES string of the molecule is CC1(C)CC[C@]2(C)C[C@@H]3[C@@H](CC[C@@]4(C)[C@H](O)CCC34C)[C@H]12. The molecule has 1 unspecified atom stereocenters. The molecule has 0 heterocycles. The van der Waals surface area contributed by atoms with Crippen LogP contribution in [0.2, 0.25) is 0 Å². The molecule has 7 atom stereocenters. The van der Waals surface area contributed by atoms with Crippen LogP contribution in [0.15, 0.2) is 0 Å². The summed E-state index contributed by atoms with van der Waals surface area (Å²) < 4.78 is 0. The Kier molecular flexibility index (Phi) is 2.69. The van der Waals surface area contributed by atoms with E-state index in [0.717, 1.165) is 24.2 Å². The van der Waals surface area contributed by atoms with Crippen LogP contribution in [0.4, 0.5) is 0 Å². The zero-order chi connectivity index (χ0) is 15.3. The fourth-order valence-electron chi connectivity index (χ4n) is 8.09. The first-order valence-corrected chi connectivity index (χ1v) is 9.32. The quantitative estimate of drug-likeness (QED) is 0.663. The van der Waals surface area contributed by atoms with Crippen molar-refractivity contribution in [3.63, 3.8) is 0 Å². The minimum Gasteiger partial charge on any atom is -0.393 e. The third kappa shape index (κ3) is 1.53. The summed E-state index contributed by atoms with van der Waals surface area (Å²) in [5, 5.41) is 10.6. The van der Waals surface area contributed by atoms with Gasteiger partial charge < -0.3 is 5.11 Å². The summed E-state index contributed by atoms with van der Waals surface area (Å²) in [6, 6.07) is 0. The van der Waals surface area contributed by atoms with Gasteiger partial charge in [-0.05, 0) is 84.4 Å². The van der Waals surface area contributed by atoms with Crippen LogP contribution in [0.1, 0.15) is 79.6 Å². The first-order valence-electron chi connectivity index (χ1n) is 9.32. The van der Waals surface area contributed by atoms with Crippen molar-refractivity contribution in [2.24, 2.45) is 39.4 Å². The lowest BCUT2D eigenvalue weighted by atomic mass is 9.50. The molecule has 0 radical (unpaired) electrons. The molecule has 0 aromatic rings. The van der Waals surface area contributed by atoms with Crippen molar-refractivity contribution in [2.45, 2.75) is 85.7 Å². The molecule has 1 N–H and O–H groups in total. The highest BCUT2D eigenvalue weighted by Crippen LogP contribution is 2.75. The van der Waals surface area contributed by atoms with Gasteiger partial charge in [-0.2, -0.15) is 0 Å². The zero-order valence-corrected chi connectivity index (χ0v) is 14.7. The Morgan fingerprint density at radius 1 is 0.810 bits per heavy atom. The average Bonchev–Trinajstić information content (AvgIpc) is 2.93. The molecular formula is C20H34O. The molecule has 120 valence electrons. The van der Waals surface area contributed by atoms with E-state index >= 15 is 0 Å². The average molecular weight is 290 g/mol. The molecule has 21 heavy (non-hydrogen) atoms. The molecule has 0 amide bonds. The van der Waals surface area contributed by atoms with Crippen LogP contribution in [0, 0.1) is 39.4 Å². The van der Waals surface area contributed by atoms with Crippen LogP contribution < -0.4 is 0 Å². The Labute approximate surface area is 130 Å². The normalized spacial score (nSPS) is 61.4. The Morgan fingerprint density at radius 3 is 2.19 bits per heavy atom. The molecule has 4 saturated carbocycles. The molecule has 4 rings (SSSR count). The van der Waals surface area contributed by atoms with Gasteiger partial charge in [0.15, 0.2) is 0 Å². The van der Waals surface area contributed by atoms with E-state index < -0.39 is 0 Å². The zero-order valence-electron chi connectivity index (χ0n) is 14.7. The van der Waals surface area contributed by atoms with Crippen molar-refractivity contribution in [2.75, 3.05) is 0 Å². The topological polar surface area (TPSA) is 20.2 Å². The Balaban J connectivity index is 1.76. The van der Waals surface area contributed by atoms with Gasteiger partial charge in [0, 0.05) is 0 Å². The number of hydrogen-bond acceptors (Lipinski definition) is 1. The van der Waals surface area contributed by atoms with Crippen LogP contribution in [0.3, 0.4) is 0 Å². The highest BCUT2D eigenvalue weighted by Gasteiger charge is 2.69. The minimum atomic E-state index is -0.0512. The van der Waals surface area contributed by atoms with Crippen LogP contribution in [0.5, 0.6) is 0 Å². The van der Waals surface area contributed by atoms with Gasteiger partial charge in [-0.1, -0.05) is 34.6 Å². The maximum atomic E-state index is 10.6. The fraction of sp³-hybridized carbons (Fsp3) is 1.00. The van der Waals surface area contributed by atoms with E-state index in [1.165, 1.54) is 38.5 Å². The van der Waals surface area contributed by atoms with Gasteiger partial charge in [-0.15, -0.1) is 0 Å². The van der Waals surface area contributed by atoms with Crippen molar-refractivity contribution in [3.05, 3.63) is 0 Å². The molecule has 0 saturated heterocycles. The van der Waals surface area contributed by atoms with E-state index in [9.17, 15) is 5.11 Å². The molecule has 1 nitrogen and oxygen atoms in total. The van der Waals surface area contributed by atoms with Crippen LogP contribution in [-0.4, -0.2) is 11.2 Å². The molecule has 4 fully saturated rings. The summed E-state index contributed by atoms with van der Waals surface area (Å²) in [5.41, 5.74) is 1.70. The first kappa shape index (κ1) is 14.5. The largest absolute Gasteiger partial charge is 0.393 e. The molecule has 4 aliphatic rings. The lowest BCUT2D eigenvalue weighted by Gasteiger charge is -2.55.